The van der Waals surface area contributed by atoms with Crippen LogP contribution >= 0.6 is 22.9 Å². The van der Waals surface area contributed by atoms with Gasteiger partial charge in [-0.2, -0.15) is 0 Å². The summed E-state index contributed by atoms with van der Waals surface area (Å²) in [6.45, 7) is 4.65. The van der Waals surface area contributed by atoms with Crippen molar-refractivity contribution >= 4 is 34.5 Å². The summed E-state index contributed by atoms with van der Waals surface area (Å²) >= 11 is 7.38. The van der Waals surface area contributed by atoms with Crippen LogP contribution in [0.1, 0.15) is 35.1 Å². The maximum atomic E-state index is 12.3. The first-order valence-electron chi connectivity index (χ1n) is 6.35. The maximum absolute atomic E-state index is 12.3. The first-order chi connectivity index (χ1) is 9.61. The first-order valence-corrected chi connectivity index (χ1v) is 7.55. The van der Waals surface area contributed by atoms with E-state index in [4.69, 9.17) is 11.6 Å². The molecule has 0 aliphatic heterocycles. The topological polar surface area (TPSA) is 54.0 Å². The number of nitrogens with one attached hydrogen (secondary N) is 2. The van der Waals surface area contributed by atoms with Gasteiger partial charge in [0.2, 0.25) is 0 Å². The number of pyridine rings is 1. The standard InChI is InChI=1S/C14H16ClN3OS/c1-3-17-11-8-16-7-6-10(11)14(19)18-9(2)12-4-5-13(15)20-12/h4-9,17H,3H2,1-2H3,(H,18,19). The highest BCUT2D eigenvalue weighted by atomic mass is 35.5. The molecule has 0 aliphatic carbocycles. The van der Waals surface area contributed by atoms with Gasteiger partial charge in [-0.25, -0.2) is 0 Å². The van der Waals surface area contributed by atoms with E-state index in [-0.39, 0.29) is 11.9 Å². The number of amides is 1. The van der Waals surface area contributed by atoms with Crippen LogP contribution < -0.4 is 10.6 Å². The van der Waals surface area contributed by atoms with Gasteiger partial charge in [-0.15, -0.1) is 11.3 Å². The number of thiophene rings is 1. The van der Waals surface area contributed by atoms with Crippen molar-refractivity contribution in [3.63, 3.8) is 0 Å². The average Bonchev–Trinajstić information content (AvgIpc) is 2.86. The summed E-state index contributed by atoms with van der Waals surface area (Å²) in [7, 11) is 0. The summed E-state index contributed by atoms with van der Waals surface area (Å²) in [5, 5.41) is 6.10. The highest BCUT2D eigenvalue weighted by Crippen LogP contribution is 2.27. The van der Waals surface area contributed by atoms with Crippen LogP contribution in [0.25, 0.3) is 0 Å². The number of hydrogen-bond donors (Lipinski definition) is 2. The zero-order valence-corrected chi connectivity index (χ0v) is 12.9. The lowest BCUT2D eigenvalue weighted by Gasteiger charge is -2.14. The van der Waals surface area contributed by atoms with E-state index in [0.717, 1.165) is 21.4 Å². The highest BCUT2D eigenvalue weighted by molar-refractivity contribution is 7.16. The minimum Gasteiger partial charge on any atom is -0.383 e. The molecule has 2 aromatic rings. The van der Waals surface area contributed by atoms with Crippen LogP contribution in [0.5, 0.6) is 0 Å². The Kier molecular flexibility index (Phi) is 4.98. The van der Waals surface area contributed by atoms with E-state index in [1.54, 1.807) is 18.5 Å². The van der Waals surface area contributed by atoms with Gasteiger partial charge in [0.15, 0.2) is 0 Å². The fourth-order valence-electron chi connectivity index (χ4n) is 1.83. The Hall–Kier alpha value is -1.59. The van der Waals surface area contributed by atoms with Crippen molar-refractivity contribution in [2.75, 3.05) is 11.9 Å². The molecule has 20 heavy (non-hydrogen) atoms. The van der Waals surface area contributed by atoms with Gasteiger partial charge < -0.3 is 10.6 Å². The fraction of sp³-hybridized carbons (Fsp3) is 0.286. The van der Waals surface area contributed by atoms with E-state index in [2.05, 4.69) is 15.6 Å². The lowest BCUT2D eigenvalue weighted by atomic mass is 10.2. The van der Waals surface area contributed by atoms with Crippen LogP contribution in [0, 0.1) is 0 Å². The molecule has 0 bridgehead atoms. The Morgan fingerprint density at radius 3 is 2.90 bits per heavy atom. The molecule has 0 aliphatic rings. The molecule has 1 atom stereocenters. The molecule has 0 saturated heterocycles. The second kappa shape index (κ2) is 6.72. The normalized spacial score (nSPS) is 11.9. The molecule has 2 heterocycles. The number of nitrogens with zero attached hydrogens (tertiary/aromatic N) is 1. The number of anilines is 1. The second-order valence-corrected chi connectivity index (χ2v) is 6.04. The molecular weight excluding hydrogens is 294 g/mol. The van der Waals surface area contributed by atoms with Gasteiger partial charge in [0, 0.05) is 17.6 Å². The summed E-state index contributed by atoms with van der Waals surface area (Å²) in [5.74, 6) is -0.125. The van der Waals surface area contributed by atoms with Gasteiger partial charge in [0.1, 0.15) is 0 Å². The summed E-state index contributed by atoms with van der Waals surface area (Å²) in [5.41, 5.74) is 1.33. The number of carbonyl (C=O) groups excluding carboxylic acids is 1. The van der Waals surface area contributed by atoms with Gasteiger partial charge >= 0.3 is 0 Å². The van der Waals surface area contributed by atoms with Gasteiger partial charge in [0.25, 0.3) is 5.91 Å². The SMILES string of the molecule is CCNc1cnccc1C(=O)NC(C)c1ccc(Cl)s1. The number of aromatic nitrogens is 1. The Bertz CT molecular complexity index is 600. The van der Waals surface area contributed by atoms with Crippen LogP contribution in [0.3, 0.4) is 0 Å². The number of rotatable bonds is 5. The van der Waals surface area contributed by atoms with Gasteiger partial charge in [-0.05, 0) is 32.0 Å². The highest BCUT2D eigenvalue weighted by Gasteiger charge is 2.15. The minimum absolute atomic E-state index is 0.0809. The Labute approximate surface area is 127 Å². The third-order valence-electron chi connectivity index (χ3n) is 2.80. The fourth-order valence-corrected chi connectivity index (χ4v) is 2.89. The molecule has 1 amide bonds. The summed E-state index contributed by atoms with van der Waals surface area (Å²) in [6, 6.07) is 5.39. The molecule has 2 rings (SSSR count). The van der Waals surface area contributed by atoms with Crippen LogP contribution in [0.2, 0.25) is 4.34 Å². The van der Waals surface area contributed by atoms with Crippen LogP contribution in [-0.4, -0.2) is 17.4 Å². The van der Waals surface area contributed by atoms with Crippen LogP contribution in [0.15, 0.2) is 30.6 Å². The summed E-state index contributed by atoms with van der Waals surface area (Å²) in [4.78, 5) is 17.4. The molecule has 0 saturated carbocycles. The van der Waals surface area contributed by atoms with Crippen molar-refractivity contribution < 1.29 is 4.79 Å². The third kappa shape index (κ3) is 3.49. The van der Waals surface area contributed by atoms with E-state index in [9.17, 15) is 4.79 Å². The zero-order valence-electron chi connectivity index (χ0n) is 11.3. The van der Waals surface area contributed by atoms with Crippen molar-refractivity contribution in [1.29, 1.82) is 0 Å². The summed E-state index contributed by atoms with van der Waals surface area (Å²) in [6.07, 6.45) is 3.27. The first kappa shape index (κ1) is 14.8. The zero-order chi connectivity index (χ0) is 14.5. The smallest absolute Gasteiger partial charge is 0.253 e. The number of carbonyl (C=O) groups is 1. The third-order valence-corrected chi connectivity index (χ3v) is 4.22. The van der Waals surface area contributed by atoms with Crippen molar-refractivity contribution in [3.8, 4) is 0 Å². The minimum atomic E-state index is -0.125. The largest absolute Gasteiger partial charge is 0.383 e. The van der Waals surface area contributed by atoms with E-state index in [0.29, 0.717) is 5.56 Å². The Balaban J connectivity index is 2.12. The van der Waals surface area contributed by atoms with E-state index in [1.165, 1.54) is 11.3 Å². The van der Waals surface area contributed by atoms with Gasteiger partial charge in [-0.3, -0.25) is 9.78 Å². The van der Waals surface area contributed by atoms with Crippen molar-refractivity contribution in [3.05, 3.63) is 45.4 Å². The molecule has 2 N–H and O–H groups in total. The molecule has 1 unspecified atom stereocenters. The van der Waals surface area contributed by atoms with Crippen molar-refractivity contribution in [2.24, 2.45) is 0 Å². The molecular formula is C14H16ClN3OS. The van der Waals surface area contributed by atoms with Crippen molar-refractivity contribution in [1.82, 2.24) is 10.3 Å². The molecule has 2 aromatic heterocycles. The molecule has 0 aromatic carbocycles. The second-order valence-electron chi connectivity index (χ2n) is 4.29. The van der Waals surface area contributed by atoms with Crippen LogP contribution in [-0.2, 0) is 0 Å². The van der Waals surface area contributed by atoms with E-state index < -0.39 is 0 Å². The van der Waals surface area contributed by atoms with Gasteiger partial charge in [-0.1, -0.05) is 11.6 Å². The molecule has 6 heteroatoms. The van der Waals surface area contributed by atoms with Gasteiger partial charge in [0.05, 0.1) is 27.8 Å². The van der Waals surface area contributed by atoms with E-state index in [1.807, 2.05) is 26.0 Å². The number of halogens is 1. The Morgan fingerprint density at radius 1 is 1.45 bits per heavy atom. The quantitative estimate of drug-likeness (QED) is 0.885. The average molecular weight is 310 g/mol. The molecule has 0 radical (unpaired) electrons. The van der Waals surface area contributed by atoms with Crippen LogP contribution in [0.4, 0.5) is 5.69 Å². The lowest BCUT2D eigenvalue weighted by Crippen LogP contribution is -2.27. The van der Waals surface area contributed by atoms with Crippen molar-refractivity contribution in [2.45, 2.75) is 19.9 Å². The summed E-state index contributed by atoms with van der Waals surface area (Å²) < 4.78 is 0.721. The lowest BCUT2D eigenvalue weighted by molar-refractivity contribution is 0.0941. The predicted octanol–water partition coefficient (Wildman–Crippen LogP) is 3.72. The Morgan fingerprint density at radius 2 is 2.25 bits per heavy atom. The molecule has 0 spiro atoms. The maximum Gasteiger partial charge on any atom is 0.253 e. The molecule has 4 nitrogen and oxygen atoms in total. The molecule has 106 valence electrons. The van der Waals surface area contributed by atoms with E-state index >= 15 is 0 Å². The monoisotopic (exact) mass is 309 g/mol. The molecule has 0 fully saturated rings. The predicted molar refractivity (Wildman–Crippen MR) is 83.6 cm³/mol. The number of hydrogen-bond acceptors (Lipinski definition) is 4.